The monoisotopic (exact) mass is 479 g/mol. The first-order valence-corrected chi connectivity index (χ1v) is 8.94. The molecule has 1 amide bonds. The number of amides is 1. The maximum Gasteiger partial charge on any atom is 0.359 e. The van der Waals surface area contributed by atoms with Crippen molar-refractivity contribution in [2.45, 2.75) is 0 Å². The molecule has 1 heterocycles. The summed E-state index contributed by atoms with van der Waals surface area (Å²) in [6.07, 6.45) is 0. The fraction of sp³-hybridized carbons (Fsp3) is 0.0588. The molecule has 0 aliphatic carbocycles. The summed E-state index contributed by atoms with van der Waals surface area (Å²) in [5.41, 5.74) is 0.0784. The van der Waals surface area contributed by atoms with Crippen molar-refractivity contribution >= 4 is 60.2 Å². The van der Waals surface area contributed by atoms with Crippen LogP contribution in [-0.4, -0.2) is 28.7 Å². The van der Waals surface area contributed by atoms with Gasteiger partial charge in [0.2, 0.25) is 0 Å². The highest BCUT2D eigenvalue weighted by Crippen LogP contribution is 2.26. The molecule has 0 aliphatic heterocycles. The Balaban J connectivity index is 1.70. The van der Waals surface area contributed by atoms with Crippen molar-refractivity contribution in [3.05, 3.63) is 67.5 Å². The van der Waals surface area contributed by atoms with Crippen LogP contribution in [0, 0.1) is 0 Å². The summed E-state index contributed by atoms with van der Waals surface area (Å²) >= 11 is 6.65. The highest BCUT2D eigenvalue weighted by molar-refractivity contribution is 9.11. The summed E-state index contributed by atoms with van der Waals surface area (Å²) in [7, 11) is 0. The number of aromatic nitrogens is 2. The molecule has 2 N–H and O–H groups in total. The van der Waals surface area contributed by atoms with Gasteiger partial charge in [-0.3, -0.25) is 9.59 Å². The topological polar surface area (TPSA) is 101 Å². The van der Waals surface area contributed by atoms with Gasteiger partial charge in [0.15, 0.2) is 12.3 Å². The number of fused-ring (bicyclic) bond motifs is 1. The highest BCUT2D eigenvalue weighted by Gasteiger charge is 2.17. The molecule has 9 heteroatoms. The van der Waals surface area contributed by atoms with E-state index in [1.165, 1.54) is 0 Å². The van der Waals surface area contributed by atoms with Gasteiger partial charge in [-0.2, -0.15) is 5.10 Å². The van der Waals surface area contributed by atoms with Crippen molar-refractivity contribution in [1.29, 1.82) is 0 Å². The Labute approximate surface area is 164 Å². The van der Waals surface area contributed by atoms with E-state index >= 15 is 0 Å². The number of hydrogen-bond donors (Lipinski definition) is 2. The van der Waals surface area contributed by atoms with Crippen LogP contribution in [0.2, 0.25) is 0 Å². The van der Waals surface area contributed by atoms with Crippen molar-refractivity contribution in [3.63, 3.8) is 0 Å². The molecule has 0 bridgehead atoms. The SMILES string of the molecule is O=C(COC(=O)c1n[nH]c(=O)c2ccccc12)Nc1ccc(Br)cc1Br. The van der Waals surface area contributed by atoms with E-state index in [9.17, 15) is 14.4 Å². The van der Waals surface area contributed by atoms with Gasteiger partial charge in [-0.05, 0) is 40.2 Å². The number of halogens is 2. The minimum atomic E-state index is -0.803. The summed E-state index contributed by atoms with van der Waals surface area (Å²) < 4.78 is 6.55. The molecule has 3 aromatic rings. The van der Waals surface area contributed by atoms with Crippen molar-refractivity contribution < 1.29 is 14.3 Å². The largest absolute Gasteiger partial charge is 0.451 e. The normalized spacial score (nSPS) is 10.5. The Kier molecular flexibility index (Phi) is 5.48. The van der Waals surface area contributed by atoms with Crippen molar-refractivity contribution in [2.24, 2.45) is 0 Å². The van der Waals surface area contributed by atoms with Crippen LogP contribution < -0.4 is 10.9 Å². The Morgan fingerprint density at radius 3 is 2.58 bits per heavy atom. The van der Waals surface area contributed by atoms with Crippen LogP contribution in [0.1, 0.15) is 10.5 Å². The number of benzene rings is 2. The number of esters is 1. The third-order valence-corrected chi connectivity index (χ3v) is 4.58. The lowest BCUT2D eigenvalue weighted by atomic mass is 10.1. The number of H-pyrrole nitrogens is 1. The molecule has 132 valence electrons. The number of anilines is 1. The molecule has 1 aromatic heterocycles. The smallest absolute Gasteiger partial charge is 0.359 e. The van der Waals surface area contributed by atoms with Gasteiger partial charge in [0.05, 0.1) is 11.1 Å². The van der Waals surface area contributed by atoms with Gasteiger partial charge in [-0.15, -0.1) is 0 Å². The van der Waals surface area contributed by atoms with Gasteiger partial charge in [-0.1, -0.05) is 34.1 Å². The third kappa shape index (κ3) is 4.00. The number of nitrogens with zero attached hydrogens (tertiary/aromatic N) is 1. The lowest BCUT2D eigenvalue weighted by Gasteiger charge is -2.09. The lowest BCUT2D eigenvalue weighted by molar-refractivity contribution is -0.119. The molecule has 0 atom stereocenters. The first-order valence-electron chi connectivity index (χ1n) is 7.35. The molecular formula is C17H11Br2N3O4. The van der Waals surface area contributed by atoms with Gasteiger partial charge in [0, 0.05) is 14.3 Å². The molecule has 0 unspecified atom stereocenters. The highest BCUT2D eigenvalue weighted by atomic mass is 79.9. The van der Waals surface area contributed by atoms with Crippen molar-refractivity contribution in [3.8, 4) is 0 Å². The molecule has 0 spiro atoms. The Bertz CT molecular complexity index is 1070. The summed E-state index contributed by atoms with van der Waals surface area (Å²) in [5.74, 6) is -1.31. The van der Waals surface area contributed by atoms with Gasteiger partial charge >= 0.3 is 5.97 Å². The lowest BCUT2D eigenvalue weighted by Crippen LogP contribution is -2.22. The van der Waals surface area contributed by atoms with Crippen molar-refractivity contribution in [2.75, 3.05) is 11.9 Å². The second-order valence-corrected chi connectivity index (χ2v) is 6.97. The summed E-state index contributed by atoms with van der Waals surface area (Å²) in [6.45, 7) is -0.490. The Morgan fingerprint density at radius 1 is 1.12 bits per heavy atom. The average Bonchev–Trinajstić information content (AvgIpc) is 2.63. The summed E-state index contributed by atoms with van der Waals surface area (Å²) in [4.78, 5) is 36.0. The van der Waals surface area contributed by atoms with Gasteiger partial charge < -0.3 is 10.1 Å². The van der Waals surface area contributed by atoms with E-state index in [0.29, 0.717) is 20.9 Å². The van der Waals surface area contributed by atoms with Gasteiger partial charge in [-0.25, -0.2) is 9.89 Å². The Hall–Kier alpha value is -2.52. The van der Waals surface area contributed by atoms with E-state index < -0.39 is 24.0 Å². The van der Waals surface area contributed by atoms with Crippen LogP contribution in [0.5, 0.6) is 0 Å². The second-order valence-electron chi connectivity index (χ2n) is 5.20. The van der Waals surface area contributed by atoms with Gasteiger partial charge in [0.1, 0.15) is 0 Å². The minimum Gasteiger partial charge on any atom is -0.451 e. The zero-order valence-electron chi connectivity index (χ0n) is 13.1. The number of ether oxygens (including phenoxy) is 1. The quantitative estimate of drug-likeness (QED) is 0.558. The number of rotatable bonds is 4. The molecule has 26 heavy (non-hydrogen) atoms. The van der Waals surface area contributed by atoms with Crippen LogP contribution in [0.15, 0.2) is 56.2 Å². The molecule has 0 saturated heterocycles. The average molecular weight is 481 g/mol. The summed E-state index contributed by atoms with van der Waals surface area (Å²) in [5, 5.41) is 9.29. The molecule has 0 saturated carbocycles. The standard InChI is InChI=1S/C17H11Br2N3O4/c18-9-5-6-13(12(19)7-9)20-14(23)8-26-17(25)15-10-3-1-2-4-11(10)16(24)22-21-15/h1-7H,8H2,(H,20,23)(H,22,24). The summed E-state index contributed by atoms with van der Waals surface area (Å²) in [6, 6.07) is 11.8. The van der Waals surface area contributed by atoms with Crippen molar-refractivity contribution in [1.82, 2.24) is 10.2 Å². The van der Waals surface area contributed by atoms with E-state index in [1.54, 1.807) is 42.5 Å². The minimum absolute atomic E-state index is 0.0576. The Morgan fingerprint density at radius 2 is 1.85 bits per heavy atom. The molecule has 2 aromatic carbocycles. The second kappa shape index (κ2) is 7.79. The maximum absolute atomic E-state index is 12.2. The number of carbonyl (C=O) groups is 2. The van der Waals surface area contributed by atoms with E-state index in [0.717, 1.165) is 4.47 Å². The molecular weight excluding hydrogens is 470 g/mol. The molecule has 0 fully saturated rings. The van der Waals surface area contributed by atoms with Crippen LogP contribution in [0.25, 0.3) is 10.8 Å². The number of nitrogens with one attached hydrogen (secondary N) is 2. The van der Waals surface area contributed by atoms with Crippen LogP contribution in [0.3, 0.4) is 0 Å². The van der Waals surface area contributed by atoms with Crippen LogP contribution in [0.4, 0.5) is 5.69 Å². The zero-order chi connectivity index (χ0) is 18.7. The fourth-order valence-electron chi connectivity index (χ4n) is 2.25. The van der Waals surface area contributed by atoms with E-state index in [-0.39, 0.29) is 5.69 Å². The van der Waals surface area contributed by atoms with E-state index in [2.05, 4.69) is 47.4 Å². The first-order chi connectivity index (χ1) is 12.5. The molecule has 0 radical (unpaired) electrons. The predicted molar refractivity (Wildman–Crippen MR) is 103 cm³/mol. The van der Waals surface area contributed by atoms with Crippen LogP contribution in [-0.2, 0) is 9.53 Å². The maximum atomic E-state index is 12.2. The number of hydrogen-bond acceptors (Lipinski definition) is 5. The fourth-order valence-corrected chi connectivity index (χ4v) is 3.39. The van der Waals surface area contributed by atoms with Gasteiger partial charge in [0.25, 0.3) is 11.5 Å². The predicted octanol–water partition coefficient (Wildman–Crippen LogP) is 3.24. The van der Waals surface area contributed by atoms with E-state index in [4.69, 9.17) is 4.74 Å². The first kappa shape index (κ1) is 18.3. The number of carbonyl (C=O) groups excluding carboxylic acids is 2. The number of aromatic amines is 1. The van der Waals surface area contributed by atoms with E-state index in [1.807, 2.05) is 0 Å². The zero-order valence-corrected chi connectivity index (χ0v) is 16.3. The molecule has 0 aliphatic rings. The third-order valence-electron chi connectivity index (χ3n) is 3.43. The molecule has 7 nitrogen and oxygen atoms in total. The molecule has 3 rings (SSSR count). The van der Waals surface area contributed by atoms with Crippen LogP contribution >= 0.6 is 31.9 Å².